The molecule has 1 aromatic rings. The number of phenols is 1. The Bertz CT molecular complexity index is 987. The normalized spacial score (nSPS) is 21.6. The summed E-state index contributed by atoms with van der Waals surface area (Å²) in [6, 6.07) is -0.641. The molecule has 0 aliphatic carbocycles. The first-order valence-electron chi connectivity index (χ1n) is 15.8. The summed E-state index contributed by atoms with van der Waals surface area (Å²) >= 11 is 0. The van der Waals surface area contributed by atoms with Crippen LogP contribution in [0.5, 0.6) is 11.5 Å². The van der Waals surface area contributed by atoms with Crippen molar-refractivity contribution in [1.82, 2.24) is 5.32 Å². The molecule has 0 aromatic heterocycles. The number of carbonyl (C=O) groups excluding carboxylic acids is 1. The van der Waals surface area contributed by atoms with Gasteiger partial charge >= 0.3 is 5.97 Å². The summed E-state index contributed by atoms with van der Waals surface area (Å²) in [5.74, 6) is 2.93. The zero-order valence-electron chi connectivity index (χ0n) is 26.6. The number of phenolic OH excluding ortho intramolecular Hbond substituents is 1. The number of fused-ring (bicyclic) bond motifs is 1. The average molecular weight is 560 g/mol. The Hall–Kier alpha value is -2.24. The Morgan fingerprint density at radius 3 is 2.00 bits per heavy atom. The van der Waals surface area contributed by atoms with Gasteiger partial charge < -0.3 is 20.3 Å². The molecule has 6 nitrogen and oxygen atoms in total. The zero-order chi connectivity index (χ0) is 30.0. The molecule has 0 bridgehead atoms. The van der Waals surface area contributed by atoms with E-state index < -0.39 is 12.0 Å². The van der Waals surface area contributed by atoms with Crippen molar-refractivity contribution in [2.75, 3.05) is 0 Å². The number of carboxylic acids is 1. The van der Waals surface area contributed by atoms with E-state index in [4.69, 9.17) is 9.84 Å². The molecule has 1 aromatic carbocycles. The molecule has 6 heteroatoms. The quantitative estimate of drug-likeness (QED) is 0.226. The van der Waals surface area contributed by atoms with Gasteiger partial charge in [0.05, 0.1) is 0 Å². The van der Waals surface area contributed by atoms with Crippen molar-refractivity contribution in [3.8, 4) is 11.5 Å². The van der Waals surface area contributed by atoms with Crippen LogP contribution in [-0.2, 0) is 16.0 Å². The van der Waals surface area contributed by atoms with Crippen LogP contribution in [0, 0.1) is 38.5 Å². The number of hydrogen-bond acceptors (Lipinski definition) is 4. The van der Waals surface area contributed by atoms with Crippen LogP contribution in [-0.4, -0.2) is 33.7 Å². The fourth-order valence-corrected chi connectivity index (χ4v) is 6.07. The van der Waals surface area contributed by atoms with E-state index >= 15 is 0 Å². The molecule has 2 aliphatic heterocycles. The SMILES string of the molecule is Cc1c(C)c2c(c(C)c1O)CC[C@@](C)(CCC[C@H](C)CCC[C@H](C)CCCC(C)C)O2.O=C1CCC(C(=O)O)N1. The molecule has 3 rings (SSSR count). The monoisotopic (exact) mass is 559 g/mol. The third-order valence-corrected chi connectivity index (χ3v) is 9.16. The molecule has 228 valence electrons. The Morgan fingerprint density at radius 2 is 1.50 bits per heavy atom. The minimum Gasteiger partial charge on any atom is -0.507 e. The zero-order valence-corrected chi connectivity index (χ0v) is 26.6. The predicted octanol–water partition coefficient (Wildman–Crippen LogP) is 8.19. The van der Waals surface area contributed by atoms with E-state index in [9.17, 15) is 14.7 Å². The van der Waals surface area contributed by atoms with Gasteiger partial charge in [0.25, 0.3) is 0 Å². The summed E-state index contributed by atoms with van der Waals surface area (Å²) in [7, 11) is 0. The van der Waals surface area contributed by atoms with Crippen molar-refractivity contribution < 1.29 is 24.5 Å². The number of carboxylic acid groups (broad SMARTS) is 1. The van der Waals surface area contributed by atoms with Crippen molar-refractivity contribution in [3.05, 3.63) is 22.3 Å². The van der Waals surface area contributed by atoms with E-state index in [2.05, 4.69) is 46.9 Å². The molecule has 3 N–H and O–H groups in total. The third-order valence-electron chi connectivity index (χ3n) is 9.16. The first kappa shape index (κ1) is 34.0. The van der Waals surface area contributed by atoms with Gasteiger partial charge in [-0.2, -0.15) is 0 Å². The Kier molecular flexibility index (Phi) is 13.3. The number of aliphatic carboxylic acids is 1. The molecule has 0 saturated carbocycles. The number of amides is 1. The number of hydrogen-bond donors (Lipinski definition) is 3. The number of nitrogens with one attached hydrogen (secondary N) is 1. The summed E-state index contributed by atoms with van der Waals surface area (Å²) in [5, 5.41) is 21.0. The van der Waals surface area contributed by atoms with Crippen LogP contribution in [0.3, 0.4) is 0 Å². The maximum absolute atomic E-state index is 10.4. The predicted molar refractivity (Wildman–Crippen MR) is 163 cm³/mol. The number of aromatic hydroxyl groups is 1. The maximum atomic E-state index is 10.4. The summed E-state index contributed by atoms with van der Waals surface area (Å²) < 4.78 is 6.60. The molecular weight excluding hydrogens is 502 g/mol. The molecule has 0 radical (unpaired) electrons. The molecule has 2 heterocycles. The van der Waals surface area contributed by atoms with Crippen molar-refractivity contribution in [2.24, 2.45) is 17.8 Å². The number of ether oxygens (including phenoxy) is 1. The number of benzene rings is 1. The number of carbonyl (C=O) groups is 2. The molecule has 1 fully saturated rings. The smallest absolute Gasteiger partial charge is 0.326 e. The van der Waals surface area contributed by atoms with Gasteiger partial charge in [-0.25, -0.2) is 4.79 Å². The van der Waals surface area contributed by atoms with Crippen LogP contribution < -0.4 is 10.1 Å². The van der Waals surface area contributed by atoms with Crippen LogP contribution in [0.4, 0.5) is 0 Å². The second-order valence-corrected chi connectivity index (χ2v) is 13.4. The topological polar surface area (TPSA) is 95.9 Å². The standard InChI is InChI=1S/C29H50O2.C5H7NO3/c1-20(2)12-9-13-21(3)14-10-15-22(4)16-11-18-29(8)19-17-26-25(7)27(30)23(5)24(6)28(26)31-29;7-4-2-1-3(6-4)5(8)9/h20-22,30H,9-19H2,1-8H3;3H,1-2H2,(H,6,7)(H,8,9)/t21-,22-,29-;/m1./s1. The van der Waals surface area contributed by atoms with E-state index in [1.165, 1.54) is 56.9 Å². The largest absolute Gasteiger partial charge is 0.507 e. The van der Waals surface area contributed by atoms with Crippen LogP contribution in [0.25, 0.3) is 0 Å². The van der Waals surface area contributed by atoms with E-state index in [0.29, 0.717) is 18.6 Å². The lowest BCUT2D eigenvalue weighted by molar-refractivity contribution is -0.140. The molecule has 2 aliphatic rings. The van der Waals surface area contributed by atoms with E-state index in [1.54, 1.807) is 0 Å². The van der Waals surface area contributed by atoms with Gasteiger partial charge in [-0.15, -0.1) is 0 Å². The van der Waals surface area contributed by atoms with Gasteiger partial charge in [0.15, 0.2) is 0 Å². The minimum atomic E-state index is -0.944. The Balaban J connectivity index is 0.000000526. The van der Waals surface area contributed by atoms with Crippen molar-refractivity contribution in [2.45, 2.75) is 151 Å². The van der Waals surface area contributed by atoms with Crippen molar-refractivity contribution in [3.63, 3.8) is 0 Å². The second-order valence-electron chi connectivity index (χ2n) is 13.4. The lowest BCUT2D eigenvalue weighted by atomic mass is 9.84. The maximum Gasteiger partial charge on any atom is 0.326 e. The molecule has 0 spiro atoms. The van der Waals surface area contributed by atoms with E-state index in [0.717, 1.165) is 59.5 Å². The first-order valence-corrected chi connectivity index (χ1v) is 15.8. The fraction of sp³-hybridized carbons (Fsp3) is 0.765. The first-order chi connectivity index (χ1) is 18.7. The summed E-state index contributed by atoms with van der Waals surface area (Å²) in [6.45, 7) is 17.9. The Morgan fingerprint density at radius 1 is 0.925 bits per heavy atom. The fourth-order valence-electron chi connectivity index (χ4n) is 6.07. The lowest BCUT2D eigenvalue weighted by Gasteiger charge is -2.38. The molecule has 4 atom stereocenters. The van der Waals surface area contributed by atoms with E-state index in [1.807, 2.05) is 13.8 Å². The highest BCUT2D eigenvalue weighted by Gasteiger charge is 2.34. The van der Waals surface area contributed by atoms with Crippen LogP contribution in [0.15, 0.2) is 0 Å². The van der Waals surface area contributed by atoms with Crippen molar-refractivity contribution in [1.29, 1.82) is 0 Å². The van der Waals surface area contributed by atoms with Gasteiger partial charge in [0.1, 0.15) is 23.1 Å². The van der Waals surface area contributed by atoms with Gasteiger partial charge in [-0.05, 0) is 94.2 Å². The third kappa shape index (κ3) is 10.3. The lowest BCUT2D eigenvalue weighted by Crippen LogP contribution is -2.37. The van der Waals surface area contributed by atoms with Gasteiger partial charge in [0, 0.05) is 12.0 Å². The summed E-state index contributed by atoms with van der Waals surface area (Å²) in [5.41, 5.74) is 4.23. The number of rotatable bonds is 13. The van der Waals surface area contributed by atoms with Gasteiger partial charge in [-0.1, -0.05) is 72.6 Å². The summed E-state index contributed by atoms with van der Waals surface area (Å²) in [6.07, 6.45) is 14.8. The summed E-state index contributed by atoms with van der Waals surface area (Å²) in [4.78, 5) is 20.5. The molecule has 1 amide bonds. The highest BCUT2D eigenvalue weighted by Crippen LogP contribution is 2.44. The average Bonchev–Trinajstić information content (AvgIpc) is 3.33. The van der Waals surface area contributed by atoms with Crippen LogP contribution >= 0.6 is 0 Å². The second kappa shape index (κ2) is 15.7. The van der Waals surface area contributed by atoms with Gasteiger partial charge in [0.2, 0.25) is 5.91 Å². The molecule has 1 saturated heterocycles. The van der Waals surface area contributed by atoms with E-state index in [-0.39, 0.29) is 11.5 Å². The minimum absolute atomic E-state index is 0.0712. The Labute approximate surface area is 243 Å². The highest BCUT2D eigenvalue weighted by atomic mass is 16.5. The van der Waals surface area contributed by atoms with Crippen LogP contribution in [0.2, 0.25) is 0 Å². The van der Waals surface area contributed by atoms with Crippen LogP contribution in [0.1, 0.15) is 134 Å². The molecular formula is C34H57NO5. The highest BCUT2D eigenvalue weighted by molar-refractivity contribution is 5.87. The molecule has 40 heavy (non-hydrogen) atoms. The van der Waals surface area contributed by atoms with Gasteiger partial charge in [-0.3, -0.25) is 4.79 Å². The van der Waals surface area contributed by atoms with Crippen molar-refractivity contribution >= 4 is 11.9 Å². The molecule has 1 unspecified atom stereocenters.